The fourth-order valence-electron chi connectivity index (χ4n) is 6.24. The highest BCUT2D eigenvalue weighted by Crippen LogP contribution is 2.53. The standard InChI is InChI=1S/C25H40FN/c1-6-7-13-27-14-11-19(12-15-27)21-9-8-10-22(26)23(21)20-16-24(2,3)18-25(4,5)17-20/h8-10,19-20H,6-7,11-18H2,1-5H3. The molecule has 1 heterocycles. The molecule has 0 unspecified atom stereocenters. The Bertz CT molecular complexity index is 609. The lowest BCUT2D eigenvalue weighted by atomic mass is 9.59. The maximum absolute atomic E-state index is 15.1. The zero-order valence-corrected chi connectivity index (χ0v) is 18.3. The van der Waals surface area contributed by atoms with E-state index in [0.717, 1.165) is 18.4 Å². The third kappa shape index (κ3) is 5.13. The molecule has 0 aromatic heterocycles. The van der Waals surface area contributed by atoms with Crippen molar-refractivity contribution in [3.05, 3.63) is 35.1 Å². The first kappa shape index (κ1) is 20.8. The first-order chi connectivity index (χ1) is 12.7. The molecule has 0 bridgehead atoms. The smallest absolute Gasteiger partial charge is 0.126 e. The Morgan fingerprint density at radius 3 is 2.22 bits per heavy atom. The van der Waals surface area contributed by atoms with E-state index in [0.29, 0.717) is 11.8 Å². The first-order valence-corrected chi connectivity index (χ1v) is 11.2. The second kappa shape index (κ2) is 8.23. The average Bonchev–Trinajstić information content (AvgIpc) is 2.57. The molecule has 3 rings (SSSR count). The van der Waals surface area contributed by atoms with Gasteiger partial charge in [-0.2, -0.15) is 0 Å². The van der Waals surface area contributed by atoms with Crippen molar-refractivity contribution in [3.8, 4) is 0 Å². The number of unbranched alkanes of at least 4 members (excludes halogenated alkanes) is 1. The molecule has 1 saturated heterocycles. The van der Waals surface area contributed by atoms with Crippen molar-refractivity contribution in [2.75, 3.05) is 19.6 Å². The zero-order valence-electron chi connectivity index (χ0n) is 18.3. The molecule has 0 N–H and O–H groups in total. The van der Waals surface area contributed by atoms with E-state index in [1.165, 1.54) is 57.3 Å². The third-order valence-electron chi connectivity index (χ3n) is 6.91. The number of hydrogen-bond donors (Lipinski definition) is 0. The SMILES string of the molecule is CCCCN1CCC(c2cccc(F)c2C2CC(C)(C)CC(C)(C)C2)CC1. The number of nitrogens with zero attached hydrogens (tertiary/aromatic N) is 1. The van der Waals surface area contributed by atoms with Gasteiger partial charge in [-0.15, -0.1) is 0 Å². The summed E-state index contributed by atoms with van der Waals surface area (Å²) in [7, 11) is 0. The van der Waals surface area contributed by atoms with E-state index in [9.17, 15) is 0 Å². The van der Waals surface area contributed by atoms with Crippen LogP contribution in [0.1, 0.15) is 103 Å². The minimum atomic E-state index is 0.0411. The van der Waals surface area contributed by atoms with Crippen LogP contribution < -0.4 is 0 Å². The Kier molecular flexibility index (Phi) is 6.35. The maximum Gasteiger partial charge on any atom is 0.126 e. The van der Waals surface area contributed by atoms with Crippen molar-refractivity contribution in [3.63, 3.8) is 0 Å². The molecule has 1 aliphatic heterocycles. The number of hydrogen-bond acceptors (Lipinski definition) is 1. The normalized spacial score (nSPS) is 24.2. The summed E-state index contributed by atoms with van der Waals surface area (Å²) >= 11 is 0. The van der Waals surface area contributed by atoms with E-state index in [4.69, 9.17) is 0 Å². The van der Waals surface area contributed by atoms with Crippen molar-refractivity contribution < 1.29 is 4.39 Å². The van der Waals surface area contributed by atoms with Crippen LogP contribution >= 0.6 is 0 Å². The van der Waals surface area contributed by atoms with Crippen molar-refractivity contribution in [2.45, 2.75) is 91.4 Å². The highest BCUT2D eigenvalue weighted by atomic mass is 19.1. The number of likely N-dealkylation sites (tertiary alicyclic amines) is 1. The van der Waals surface area contributed by atoms with Gasteiger partial charge in [0.25, 0.3) is 0 Å². The Hall–Kier alpha value is -0.890. The lowest BCUT2D eigenvalue weighted by Crippen LogP contribution is -2.35. The summed E-state index contributed by atoms with van der Waals surface area (Å²) < 4.78 is 15.1. The van der Waals surface area contributed by atoms with Gasteiger partial charge in [0.1, 0.15) is 5.82 Å². The van der Waals surface area contributed by atoms with Gasteiger partial charge in [-0.25, -0.2) is 4.39 Å². The largest absolute Gasteiger partial charge is 0.303 e. The highest BCUT2D eigenvalue weighted by molar-refractivity contribution is 5.36. The number of rotatable bonds is 5. The van der Waals surface area contributed by atoms with Crippen LogP contribution in [0.2, 0.25) is 0 Å². The van der Waals surface area contributed by atoms with Gasteiger partial charge in [0.05, 0.1) is 0 Å². The number of halogens is 1. The summed E-state index contributed by atoms with van der Waals surface area (Å²) in [5, 5.41) is 0. The van der Waals surface area contributed by atoms with Crippen LogP contribution in [0.5, 0.6) is 0 Å². The molecule has 2 heteroatoms. The van der Waals surface area contributed by atoms with Crippen LogP contribution in [0.3, 0.4) is 0 Å². The van der Waals surface area contributed by atoms with E-state index >= 15 is 4.39 Å². The molecule has 152 valence electrons. The zero-order chi connectivity index (χ0) is 19.7. The first-order valence-electron chi connectivity index (χ1n) is 11.2. The van der Waals surface area contributed by atoms with Gasteiger partial charge in [0.2, 0.25) is 0 Å². The quantitative estimate of drug-likeness (QED) is 0.531. The summed E-state index contributed by atoms with van der Waals surface area (Å²) in [4.78, 5) is 2.60. The Balaban J connectivity index is 1.82. The lowest BCUT2D eigenvalue weighted by Gasteiger charge is -2.46. The average molecular weight is 374 g/mol. The lowest BCUT2D eigenvalue weighted by molar-refractivity contribution is 0.0950. The Morgan fingerprint density at radius 2 is 1.63 bits per heavy atom. The van der Waals surface area contributed by atoms with E-state index in [1.54, 1.807) is 6.07 Å². The van der Waals surface area contributed by atoms with Gasteiger partial charge in [0, 0.05) is 0 Å². The molecule has 2 fully saturated rings. The fraction of sp³-hybridized carbons (Fsp3) is 0.760. The van der Waals surface area contributed by atoms with Crippen LogP contribution in [-0.2, 0) is 0 Å². The van der Waals surface area contributed by atoms with Gasteiger partial charge in [-0.05, 0) is 98.0 Å². The highest BCUT2D eigenvalue weighted by Gasteiger charge is 2.41. The molecular weight excluding hydrogens is 333 g/mol. The van der Waals surface area contributed by atoms with Crippen molar-refractivity contribution >= 4 is 0 Å². The molecule has 0 spiro atoms. The number of benzene rings is 1. The predicted octanol–water partition coefficient (Wildman–Crippen LogP) is 7.13. The van der Waals surface area contributed by atoms with Gasteiger partial charge in [-0.3, -0.25) is 0 Å². The van der Waals surface area contributed by atoms with Crippen LogP contribution in [0.4, 0.5) is 4.39 Å². The molecule has 0 amide bonds. The van der Waals surface area contributed by atoms with E-state index in [-0.39, 0.29) is 16.6 Å². The minimum Gasteiger partial charge on any atom is -0.303 e. The topological polar surface area (TPSA) is 3.24 Å². The summed E-state index contributed by atoms with van der Waals surface area (Å²) in [5.41, 5.74) is 2.96. The second-order valence-electron chi connectivity index (χ2n) is 10.8. The summed E-state index contributed by atoms with van der Waals surface area (Å²) in [6, 6.07) is 5.87. The van der Waals surface area contributed by atoms with Crippen molar-refractivity contribution in [2.24, 2.45) is 10.8 Å². The molecule has 27 heavy (non-hydrogen) atoms. The van der Waals surface area contributed by atoms with Crippen molar-refractivity contribution in [1.82, 2.24) is 4.90 Å². The molecule has 0 radical (unpaired) electrons. The van der Waals surface area contributed by atoms with Crippen LogP contribution in [0.25, 0.3) is 0 Å². The number of piperidine rings is 1. The summed E-state index contributed by atoms with van der Waals surface area (Å²) in [6.07, 6.45) is 8.37. The van der Waals surface area contributed by atoms with E-state index in [1.807, 2.05) is 6.07 Å². The minimum absolute atomic E-state index is 0.0411. The molecule has 1 aliphatic carbocycles. The fourth-order valence-corrected chi connectivity index (χ4v) is 6.24. The Labute approximate surface area is 166 Å². The summed E-state index contributed by atoms with van der Waals surface area (Å²) in [5.74, 6) is 0.930. The second-order valence-corrected chi connectivity index (χ2v) is 10.8. The van der Waals surface area contributed by atoms with E-state index in [2.05, 4.69) is 45.6 Å². The van der Waals surface area contributed by atoms with Gasteiger partial charge >= 0.3 is 0 Å². The molecule has 2 aliphatic rings. The van der Waals surface area contributed by atoms with Gasteiger partial charge in [0.15, 0.2) is 0 Å². The molecule has 1 nitrogen and oxygen atoms in total. The third-order valence-corrected chi connectivity index (χ3v) is 6.91. The summed E-state index contributed by atoms with van der Waals surface area (Å²) in [6.45, 7) is 15.3. The molecule has 0 atom stereocenters. The molecule has 1 aromatic rings. The van der Waals surface area contributed by atoms with Crippen LogP contribution in [0, 0.1) is 16.6 Å². The monoisotopic (exact) mass is 373 g/mol. The van der Waals surface area contributed by atoms with Crippen LogP contribution in [0.15, 0.2) is 18.2 Å². The molecule has 1 saturated carbocycles. The molecular formula is C25H40FN. The van der Waals surface area contributed by atoms with Crippen molar-refractivity contribution in [1.29, 1.82) is 0 Å². The van der Waals surface area contributed by atoms with E-state index < -0.39 is 0 Å². The van der Waals surface area contributed by atoms with Gasteiger partial charge < -0.3 is 4.90 Å². The molecule has 1 aromatic carbocycles. The predicted molar refractivity (Wildman–Crippen MR) is 114 cm³/mol. The van der Waals surface area contributed by atoms with Crippen LogP contribution in [-0.4, -0.2) is 24.5 Å². The van der Waals surface area contributed by atoms with Gasteiger partial charge in [-0.1, -0.05) is 53.2 Å². The maximum atomic E-state index is 15.1. The Morgan fingerprint density at radius 1 is 1.00 bits per heavy atom.